The maximum absolute atomic E-state index is 12.8. The van der Waals surface area contributed by atoms with Crippen molar-refractivity contribution in [1.29, 1.82) is 0 Å². The Morgan fingerprint density at radius 3 is 2.61 bits per heavy atom. The predicted octanol–water partition coefficient (Wildman–Crippen LogP) is 3.82. The van der Waals surface area contributed by atoms with Gasteiger partial charge in [-0.3, -0.25) is 24.3 Å². The summed E-state index contributed by atoms with van der Waals surface area (Å²) in [6.45, 7) is 6.78. The molecule has 0 aliphatic carbocycles. The van der Waals surface area contributed by atoms with Crippen LogP contribution in [-0.2, 0) is 4.79 Å². The molecule has 1 aliphatic heterocycles. The summed E-state index contributed by atoms with van der Waals surface area (Å²) in [6.07, 6.45) is 1.44. The number of halogens is 1. The molecule has 1 aromatic carbocycles. The summed E-state index contributed by atoms with van der Waals surface area (Å²) in [7, 11) is 0. The highest BCUT2D eigenvalue weighted by Gasteiger charge is 2.34. The van der Waals surface area contributed by atoms with Crippen molar-refractivity contribution in [2.75, 3.05) is 5.32 Å². The molecule has 1 N–H and O–H groups in total. The smallest absolute Gasteiger partial charge is 0.274 e. The summed E-state index contributed by atoms with van der Waals surface area (Å²) in [5, 5.41) is 13.7. The average Bonchev–Trinajstić information content (AvgIpc) is 2.58. The molecule has 9 heteroatoms. The Hall–Kier alpha value is -3.13. The van der Waals surface area contributed by atoms with Gasteiger partial charge in [-0.2, -0.15) is 0 Å². The molecular weight excluding hydrogens is 386 g/mol. The number of amides is 1. The van der Waals surface area contributed by atoms with Crippen LogP contribution in [0, 0.1) is 10.1 Å². The molecule has 8 nitrogen and oxygen atoms in total. The third kappa shape index (κ3) is 3.38. The number of benzene rings is 1. The number of nitrogens with zero attached hydrogens (tertiary/aromatic N) is 2. The minimum Gasteiger partial charge on any atom is -0.483 e. The number of rotatable bonds is 3. The van der Waals surface area contributed by atoms with Gasteiger partial charge >= 0.3 is 0 Å². The van der Waals surface area contributed by atoms with Crippen LogP contribution in [0.5, 0.6) is 5.75 Å². The molecule has 28 heavy (non-hydrogen) atoms. The van der Waals surface area contributed by atoms with E-state index in [1.807, 2.05) is 13.8 Å². The molecule has 0 radical (unpaired) electrons. The van der Waals surface area contributed by atoms with Gasteiger partial charge in [-0.1, -0.05) is 11.6 Å². The van der Waals surface area contributed by atoms with E-state index in [2.05, 4.69) is 5.32 Å². The molecule has 0 saturated carbocycles. The fourth-order valence-electron chi connectivity index (χ4n) is 3.04. The van der Waals surface area contributed by atoms with Crippen LogP contribution in [0.4, 0.5) is 11.4 Å². The number of ether oxygens (including phenoxy) is 1. The van der Waals surface area contributed by atoms with E-state index < -0.39 is 16.1 Å². The van der Waals surface area contributed by atoms with Crippen molar-refractivity contribution in [3.8, 4) is 5.75 Å². The normalized spacial score (nSPS) is 14.9. The van der Waals surface area contributed by atoms with Crippen molar-refractivity contribution in [2.45, 2.75) is 33.3 Å². The van der Waals surface area contributed by atoms with Crippen LogP contribution >= 0.6 is 11.6 Å². The maximum atomic E-state index is 12.8. The van der Waals surface area contributed by atoms with Gasteiger partial charge in [0, 0.05) is 30.8 Å². The molecule has 2 heterocycles. The number of nitro groups is 1. The number of anilines is 1. The van der Waals surface area contributed by atoms with Gasteiger partial charge in [0.2, 0.25) is 5.91 Å². The molecule has 3 rings (SSSR count). The topological polar surface area (TPSA) is 103 Å². The van der Waals surface area contributed by atoms with Gasteiger partial charge in [-0.15, -0.1) is 0 Å². The molecular formula is C19H18ClN3O5. The number of carbonyl (C=O) groups excluding carboxylic acids is 1. The largest absolute Gasteiger partial charge is 0.483 e. The van der Waals surface area contributed by atoms with Crippen molar-refractivity contribution in [2.24, 2.45) is 0 Å². The number of non-ortho nitro benzene ring substituents is 1. The fourth-order valence-corrected chi connectivity index (χ4v) is 3.25. The number of nitro benzene ring substituents is 1. The minimum atomic E-state index is -0.769. The Balaban J connectivity index is 2.35. The summed E-state index contributed by atoms with van der Waals surface area (Å²) < 4.78 is 7.27. The van der Waals surface area contributed by atoms with Crippen LogP contribution < -0.4 is 15.6 Å². The first-order valence-corrected chi connectivity index (χ1v) is 8.78. The van der Waals surface area contributed by atoms with E-state index in [1.165, 1.54) is 42.0 Å². The number of aromatic nitrogens is 1. The van der Waals surface area contributed by atoms with Gasteiger partial charge in [0.15, 0.2) is 0 Å². The van der Waals surface area contributed by atoms with Crippen LogP contribution in [0.1, 0.15) is 33.3 Å². The van der Waals surface area contributed by atoms with Crippen molar-refractivity contribution < 1.29 is 14.5 Å². The minimum absolute atomic E-state index is 0.0946. The number of pyridine rings is 1. The van der Waals surface area contributed by atoms with Crippen molar-refractivity contribution in [3.63, 3.8) is 0 Å². The molecule has 0 saturated heterocycles. The standard InChI is InChI=1S/C19H18ClN3O5/c1-10-17(22-9-12(21-11(2)24)7-15(20)18(22)25)14-8-13(23(26)27)5-6-16(14)28-19(10,3)4/h5-9H,1-4H3,(H,21,24). The second kappa shape index (κ2) is 6.79. The summed E-state index contributed by atoms with van der Waals surface area (Å²) in [5.41, 5.74) is 0.407. The molecule has 0 unspecified atom stereocenters. The lowest BCUT2D eigenvalue weighted by molar-refractivity contribution is -0.384. The van der Waals surface area contributed by atoms with Gasteiger partial charge in [0.1, 0.15) is 16.4 Å². The van der Waals surface area contributed by atoms with Crippen molar-refractivity contribution in [1.82, 2.24) is 4.57 Å². The lowest BCUT2D eigenvalue weighted by Gasteiger charge is -2.36. The number of nitrogens with one attached hydrogen (secondary N) is 1. The maximum Gasteiger partial charge on any atom is 0.274 e. The zero-order valence-corrected chi connectivity index (χ0v) is 16.5. The Kier molecular flexibility index (Phi) is 4.76. The van der Waals surface area contributed by atoms with Crippen molar-refractivity contribution >= 4 is 34.6 Å². The van der Waals surface area contributed by atoms with E-state index in [9.17, 15) is 19.7 Å². The van der Waals surface area contributed by atoms with E-state index in [1.54, 1.807) is 6.92 Å². The van der Waals surface area contributed by atoms with Gasteiger partial charge in [0.25, 0.3) is 11.2 Å². The van der Waals surface area contributed by atoms with Gasteiger partial charge in [-0.05, 0) is 38.5 Å². The number of carbonyl (C=O) groups is 1. The first-order chi connectivity index (χ1) is 13.0. The molecule has 0 atom stereocenters. The number of fused-ring (bicyclic) bond motifs is 1. The van der Waals surface area contributed by atoms with Crippen LogP contribution in [0.25, 0.3) is 5.70 Å². The molecule has 0 spiro atoms. The fraction of sp³-hybridized carbons (Fsp3) is 0.263. The monoisotopic (exact) mass is 403 g/mol. The highest BCUT2D eigenvalue weighted by Crippen LogP contribution is 2.42. The van der Waals surface area contributed by atoms with Gasteiger partial charge in [-0.25, -0.2) is 0 Å². The first-order valence-electron chi connectivity index (χ1n) is 8.40. The predicted molar refractivity (Wildman–Crippen MR) is 106 cm³/mol. The second-order valence-electron chi connectivity index (χ2n) is 6.96. The molecule has 1 amide bonds. The second-order valence-corrected chi connectivity index (χ2v) is 7.36. The Bertz CT molecular complexity index is 1100. The van der Waals surface area contributed by atoms with E-state index in [0.29, 0.717) is 28.3 Å². The zero-order chi connectivity index (χ0) is 20.8. The molecule has 0 fully saturated rings. The van der Waals surface area contributed by atoms with Crippen LogP contribution in [0.15, 0.2) is 40.8 Å². The molecule has 2 aromatic rings. The molecule has 1 aromatic heterocycles. The Morgan fingerprint density at radius 1 is 1.32 bits per heavy atom. The summed E-state index contributed by atoms with van der Waals surface area (Å²) >= 11 is 6.10. The average molecular weight is 404 g/mol. The Labute approximate surface area is 165 Å². The summed E-state index contributed by atoms with van der Waals surface area (Å²) in [4.78, 5) is 35.0. The van der Waals surface area contributed by atoms with E-state index in [-0.39, 0.29) is 16.6 Å². The molecule has 0 bridgehead atoms. The lowest BCUT2D eigenvalue weighted by Crippen LogP contribution is -2.36. The molecule has 1 aliphatic rings. The third-order valence-corrected chi connectivity index (χ3v) is 4.86. The third-order valence-electron chi connectivity index (χ3n) is 4.59. The van der Waals surface area contributed by atoms with Gasteiger partial charge in [0.05, 0.1) is 16.3 Å². The number of hydrogen-bond donors (Lipinski definition) is 1. The van der Waals surface area contributed by atoms with E-state index in [0.717, 1.165) is 0 Å². The van der Waals surface area contributed by atoms with Crippen LogP contribution in [0.2, 0.25) is 5.02 Å². The SMILES string of the molecule is CC(=O)Nc1cc(Cl)c(=O)n(C2=C(C)C(C)(C)Oc3ccc([N+](=O)[O-])cc32)c1. The lowest BCUT2D eigenvalue weighted by atomic mass is 9.90. The van der Waals surface area contributed by atoms with E-state index >= 15 is 0 Å². The zero-order valence-electron chi connectivity index (χ0n) is 15.7. The highest BCUT2D eigenvalue weighted by molar-refractivity contribution is 6.30. The highest BCUT2D eigenvalue weighted by atomic mass is 35.5. The van der Waals surface area contributed by atoms with E-state index in [4.69, 9.17) is 16.3 Å². The Morgan fingerprint density at radius 2 is 2.00 bits per heavy atom. The summed E-state index contributed by atoms with van der Waals surface area (Å²) in [5.74, 6) is 0.0828. The van der Waals surface area contributed by atoms with Gasteiger partial charge < -0.3 is 10.1 Å². The quantitative estimate of drug-likeness (QED) is 0.619. The number of hydrogen-bond acceptors (Lipinski definition) is 5. The first kappa shape index (κ1) is 19.6. The van der Waals surface area contributed by atoms with Crippen LogP contribution in [0.3, 0.4) is 0 Å². The van der Waals surface area contributed by atoms with Crippen LogP contribution in [-0.4, -0.2) is 21.0 Å². The molecule has 146 valence electrons. The summed E-state index contributed by atoms with van der Waals surface area (Å²) in [6, 6.07) is 5.56. The van der Waals surface area contributed by atoms with Crippen molar-refractivity contribution in [3.05, 3.63) is 67.1 Å².